The Labute approximate surface area is 161 Å². The summed E-state index contributed by atoms with van der Waals surface area (Å²) in [6, 6.07) is 12.0. The van der Waals surface area contributed by atoms with Crippen LogP contribution in [0.5, 0.6) is 0 Å². The minimum Gasteiger partial charge on any atom is -0.462 e. The highest BCUT2D eigenvalue weighted by molar-refractivity contribution is 5.91. The molecule has 1 N–H and O–H groups in total. The second kappa shape index (κ2) is 9.02. The van der Waals surface area contributed by atoms with Gasteiger partial charge in [-0.15, -0.1) is 0 Å². The highest BCUT2D eigenvalue weighted by atomic mass is 16.5. The van der Waals surface area contributed by atoms with E-state index in [4.69, 9.17) is 9.15 Å². The Hall–Kier alpha value is -2.37. The first-order valence-electron chi connectivity index (χ1n) is 9.46. The van der Waals surface area contributed by atoms with Crippen LogP contribution in [0.4, 0.5) is 0 Å². The Morgan fingerprint density at radius 1 is 1.15 bits per heavy atom. The topological polar surface area (TPSA) is 54.7 Å². The number of amides is 1. The smallest absolute Gasteiger partial charge is 0.244 e. The summed E-state index contributed by atoms with van der Waals surface area (Å²) in [5.74, 6) is 1.38. The van der Waals surface area contributed by atoms with E-state index in [0.29, 0.717) is 12.3 Å². The number of aryl methyl sites for hydroxylation is 1. The van der Waals surface area contributed by atoms with Crippen LogP contribution in [-0.4, -0.2) is 36.1 Å². The van der Waals surface area contributed by atoms with Crippen LogP contribution in [0.1, 0.15) is 36.5 Å². The summed E-state index contributed by atoms with van der Waals surface area (Å²) in [6.07, 6.45) is 3.68. The fraction of sp³-hybridized carbons (Fsp3) is 0.409. The van der Waals surface area contributed by atoms with E-state index in [1.807, 2.05) is 31.2 Å². The van der Waals surface area contributed by atoms with Crippen molar-refractivity contribution in [1.29, 1.82) is 0 Å². The maximum Gasteiger partial charge on any atom is 0.244 e. The number of hydrogen-bond donors (Lipinski definition) is 1. The fourth-order valence-corrected chi connectivity index (χ4v) is 3.48. The molecular weight excluding hydrogens is 340 g/mol. The number of ether oxygens (including phenoxy) is 1. The number of carbonyl (C=O) groups is 1. The third-order valence-electron chi connectivity index (χ3n) is 4.62. The van der Waals surface area contributed by atoms with E-state index in [-0.39, 0.29) is 18.1 Å². The summed E-state index contributed by atoms with van der Waals surface area (Å²) in [4.78, 5) is 14.5. The van der Waals surface area contributed by atoms with Gasteiger partial charge < -0.3 is 14.5 Å². The van der Waals surface area contributed by atoms with Gasteiger partial charge in [0.25, 0.3) is 0 Å². The van der Waals surface area contributed by atoms with Crippen molar-refractivity contribution < 1.29 is 13.9 Å². The number of carbonyl (C=O) groups excluding carboxylic acids is 1. The van der Waals surface area contributed by atoms with Gasteiger partial charge in [-0.05, 0) is 50.1 Å². The van der Waals surface area contributed by atoms with Gasteiger partial charge >= 0.3 is 0 Å². The number of rotatable bonds is 6. The second-order valence-electron chi connectivity index (χ2n) is 7.22. The van der Waals surface area contributed by atoms with Crippen LogP contribution in [0.25, 0.3) is 6.08 Å². The largest absolute Gasteiger partial charge is 0.462 e. The van der Waals surface area contributed by atoms with Crippen molar-refractivity contribution in [3.05, 3.63) is 65.1 Å². The molecule has 27 heavy (non-hydrogen) atoms. The van der Waals surface area contributed by atoms with E-state index in [9.17, 15) is 4.79 Å². The first-order chi connectivity index (χ1) is 13.0. The van der Waals surface area contributed by atoms with Crippen LogP contribution in [0.3, 0.4) is 0 Å². The van der Waals surface area contributed by atoms with E-state index in [1.54, 1.807) is 6.08 Å². The molecule has 1 aromatic carbocycles. The third-order valence-corrected chi connectivity index (χ3v) is 4.62. The summed E-state index contributed by atoms with van der Waals surface area (Å²) < 4.78 is 11.2. The molecule has 2 aromatic rings. The van der Waals surface area contributed by atoms with Gasteiger partial charge in [0.15, 0.2) is 0 Å². The Bertz CT molecular complexity index is 786. The molecule has 2 atom stereocenters. The second-order valence-corrected chi connectivity index (χ2v) is 7.22. The maximum atomic E-state index is 12.1. The molecule has 3 rings (SSSR count). The summed E-state index contributed by atoms with van der Waals surface area (Å²) >= 11 is 0. The Morgan fingerprint density at radius 3 is 2.52 bits per heavy atom. The number of nitrogens with one attached hydrogen (secondary N) is 1. The van der Waals surface area contributed by atoms with Gasteiger partial charge in [0.2, 0.25) is 5.91 Å². The SMILES string of the molecule is Cc1ccc(/C=C/C(=O)NCc2ccccc2CN2CC(C)OC(C)C2)o1. The van der Waals surface area contributed by atoms with Gasteiger partial charge in [-0.25, -0.2) is 0 Å². The van der Waals surface area contributed by atoms with Gasteiger partial charge in [0, 0.05) is 32.3 Å². The van der Waals surface area contributed by atoms with E-state index in [2.05, 4.69) is 36.2 Å². The standard InChI is InChI=1S/C22H28N2O3/c1-16-8-9-21(27-16)10-11-22(25)23-12-19-6-4-5-7-20(19)15-24-13-17(2)26-18(3)14-24/h4-11,17-18H,12-15H2,1-3H3,(H,23,25)/b11-10+. The predicted octanol–water partition coefficient (Wildman–Crippen LogP) is 3.53. The lowest BCUT2D eigenvalue weighted by molar-refractivity contribution is -0.116. The normalized spacial score (nSPS) is 20.9. The lowest BCUT2D eigenvalue weighted by atomic mass is 10.1. The Morgan fingerprint density at radius 2 is 1.85 bits per heavy atom. The minimum absolute atomic E-state index is 0.132. The zero-order valence-corrected chi connectivity index (χ0v) is 16.3. The van der Waals surface area contributed by atoms with Gasteiger partial charge in [-0.1, -0.05) is 24.3 Å². The van der Waals surface area contributed by atoms with Crippen molar-refractivity contribution in [2.45, 2.75) is 46.1 Å². The monoisotopic (exact) mass is 368 g/mol. The highest BCUT2D eigenvalue weighted by Crippen LogP contribution is 2.17. The van der Waals surface area contributed by atoms with E-state index >= 15 is 0 Å². The van der Waals surface area contributed by atoms with Crippen LogP contribution < -0.4 is 5.32 Å². The average molecular weight is 368 g/mol. The number of benzene rings is 1. The van der Waals surface area contributed by atoms with Gasteiger partial charge in [-0.2, -0.15) is 0 Å². The van der Waals surface area contributed by atoms with Crippen LogP contribution in [-0.2, 0) is 22.6 Å². The molecule has 0 saturated carbocycles. The molecule has 2 heterocycles. The molecule has 0 bridgehead atoms. The van der Waals surface area contributed by atoms with Crippen molar-refractivity contribution in [2.24, 2.45) is 0 Å². The molecule has 1 aromatic heterocycles. The number of furan rings is 1. The molecule has 1 saturated heterocycles. The quantitative estimate of drug-likeness (QED) is 0.793. The lowest BCUT2D eigenvalue weighted by Crippen LogP contribution is -2.45. The van der Waals surface area contributed by atoms with Crippen molar-refractivity contribution in [3.8, 4) is 0 Å². The highest BCUT2D eigenvalue weighted by Gasteiger charge is 2.22. The van der Waals surface area contributed by atoms with E-state index < -0.39 is 0 Å². The molecule has 1 aliphatic rings. The van der Waals surface area contributed by atoms with Crippen molar-refractivity contribution in [2.75, 3.05) is 13.1 Å². The molecular formula is C22H28N2O3. The molecule has 0 spiro atoms. The number of nitrogens with zero attached hydrogens (tertiary/aromatic N) is 1. The molecule has 1 fully saturated rings. The molecule has 1 amide bonds. The summed E-state index contributed by atoms with van der Waals surface area (Å²) in [7, 11) is 0. The van der Waals surface area contributed by atoms with Crippen LogP contribution >= 0.6 is 0 Å². The molecule has 144 valence electrons. The first kappa shape index (κ1) is 19.4. The molecule has 0 radical (unpaired) electrons. The van der Waals surface area contributed by atoms with Gasteiger partial charge in [-0.3, -0.25) is 9.69 Å². The van der Waals surface area contributed by atoms with Crippen LogP contribution in [0.15, 0.2) is 46.9 Å². The molecule has 2 unspecified atom stereocenters. The molecule has 5 heteroatoms. The number of morpholine rings is 1. The first-order valence-corrected chi connectivity index (χ1v) is 9.46. The summed E-state index contributed by atoms with van der Waals surface area (Å²) in [5, 5.41) is 2.96. The third kappa shape index (κ3) is 5.81. The zero-order valence-electron chi connectivity index (χ0n) is 16.3. The van der Waals surface area contributed by atoms with Crippen molar-refractivity contribution in [3.63, 3.8) is 0 Å². The van der Waals surface area contributed by atoms with E-state index in [1.165, 1.54) is 11.6 Å². The summed E-state index contributed by atoms with van der Waals surface area (Å²) in [5.41, 5.74) is 2.38. The van der Waals surface area contributed by atoms with Crippen LogP contribution in [0.2, 0.25) is 0 Å². The minimum atomic E-state index is -0.132. The molecule has 0 aliphatic carbocycles. The predicted molar refractivity (Wildman–Crippen MR) is 106 cm³/mol. The fourth-order valence-electron chi connectivity index (χ4n) is 3.48. The van der Waals surface area contributed by atoms with E-state index in [0.717, 1.165) is 31.0 Å². The van der Waals surface area contributed by atoms with Crippen LogP contribution in [0, 0.1) is 6.92 Å². The molecule has 5 nitrogen and oxygen atoms in total. The Balaban J connectivity index is 1.57. The average Bonchev–Trinajstić information content (AvgIpc) is 3.04. The number of hydrogen-bond acceptors (Lipinski definition) is 4. The van der Waals surface area contributed by atoms with Crippen molar-refractivity contribution in [1.82, 2.24) is 10.2 Å². The van der Waals surface area contributed by atoms with Crippen molar-refractivity contribution >= 4 is 12.0 Å². The molecule has 1 aliphatic heterocycles. The van der Waals surface area contributed by atoms with Gasteiger partial charge in [0.05, 0.1) is 12.2 Å². The summed E-state index contributed by atoms with van der Waals surface area (Å²) in [6.45, 7) is 9.33. The lowest BCUT2D eigenvalue weighted by Gasteiger charge is -2.35. The Kier molecular flexibility index (Phi) is 6.48. The van der Waals surface area contributed by atoms with Gasteiger partial charge in [0.1, 0.15) is 11.5 Å². The zero-order chi connectivity index (χ0) is 19.2. The maximum absolute atomic E-state index is 12.1.